The van der Waals surface area contributed by atoms with E-state index >= 15 is 0 Å². The second-order valence-electron chi connectivity index (χ2n) is 7.80. The van der Waals surface area contributed by atoms with Gasteiger partial charge in [-0.15, -0.1) is 0 Å². The average Bonchev–Trinajstić information content (AvgIpc) is 3.00. The molecule has 2 aliphatic rings. The number of nitrogens with one attached hydrogen (secondary N) is 2. The minimum Gasteiger partial charge on any atom is -0.444 e. The van der Waals surface area contributed by atoms with Crippen LogP contribution in [0.1, 0.15) is 53.9 Å². The largest absolute Gasteiger partial charge is 0.444 e. The van der Waals surface area contributed by atoms with Crippen molar-refractivity contribution in [3.8, 4) is 0 Å². The Balaban J connectivity index is 1.64. The van der Waals surface area contributed by atoms with Crippen LogP contribution in [-0.2, 0) is 4.74 Å². The smallest absolute Gasteiger partial charge is 0.407 e. The summed E-state index contributed by atoms with van der Waals surface area (Å²) in [5, 5.41) is 6.52. The number of rotatable bonds is 4. The summed E-state index contributed by atoms with van der Waals surface area (Å²) in [6, 6.07) is 0.650. The molecule has 1 amide bonds. The van der Waals surface area contributed by atoms with Gasteiger partial charge in [0.1, 0.15) is 5.60 Å². The topological polar surface area (TPSA) is 50.4 Å². The summed E-state index contributed by atoms with van der Waals surface area (Å²) in [5.41, 5.74) is 1.09. The van der Waals surface area contributed by atoms with Crippen molar-refractivity contribution in [1.82, 2.24) is 10.6 Å². The maximum absolute atomic E-state index is 11.7. The van der Waals surface area contributed by atoms with E-state index in [1.54, 1.807) is 0 Å². The van der Waals surface area contributed by atoms with Crippen LogP contribution >= 0.6 is 0 Å². The molecule has 0 bridgehead atoms. The van der Waals surface area contributed by atoms with Crippen molar-refractivity contribution < 1.29 is 9.53 Å². The van der Waals surface area contributed by atoms with Gasteiger partial charge in [0.15, 0.2) is 0 Å². The minimum absolute atomic E-state index is 0.234. The molecule has 1 fully saturated rings. The number of ether oxygens (including phenoxy) is 1. The molecule has 4 heteroatoms. The monoisotopic (exact) mass is 294 g/mol. The quantitative estimate of drug-likeness (QED) is 0.783. The Bertz CT molecular complexity index is 412. The molecule has 0 spiro atoms. The van der Waals surface area contributed by atoms with E-state index in [0.717, 1.165) is 18.9 Å². The van der Waals surface area contributed by atoms with E-state index in [2.05, 4.69) is 30.6 Å². The molecule has 0 aromatic rings. The van der Waals surface area contributed by atoms with Crippen molar-refractivity contribution in [2.75, 3.05) is 6.54 Å². The Kier molecular flexibility index (Phi) is 4.97. The van der Waals surface area contributed by atoms with Gasteiger partial charge in [0.25, 0.3) is 0 Å². The number of carbonyl (C=O) groups is 1. The molecule has 4 nitrogen and oxygen atoms in total. The molecular formula is C17H30N2O2. The highest BCUT2D eigenvalue weighted by atomic mass is 16.6. The van der Waals surface area contributed by atoms with E-state index in [4.69, 9.17) is 4.74 Å². The zero-order valence-corrected chi connectivity index (χ0v) is 14.0. The van der Waals surface area contributed by atoms with Gasteiger partial charge in [-0.05, 0) is 65.3 Å². The molecule has 2 aliphatic carbocycles. The third-order valence-electron chi connectivity index (χ3n) is 4.05. The fourth-order valence-electron chi connectivity index (χ4n) is 3.20. The predicted molar refractivity (Wildman–Crippen MR) is 85.2 cm³/mol. The average molecular weight is 294 g/mol. The molecule has 120 valence electrons. The highest BCUT2D eigenvalue weighted by Crippen LogP contribution is 2.29. The van der Waals surface area contributed by atoms with Crippen molar-refractivity contribution in [2.45, 2.75) is 71.6 Å². The first-order chi connectivity index (χ1) is 9.73. The maximum Gasteiger partial charge on any atom is 0.407 e. The first kappa shape index (κ1) is 16.3. The second kappa shape index (κ2) is 6.39. The molecule has 2 N–H and O–H groups in total. The normalized spacial score (nSPS) is 32.3. The summed E-state index contributed by atoms with van der Waals surface area (Å²) < 4.78 is 5.27. The number of carbonyl (C=O) groups excluding carboxylic acids is 1. The van der Waals surface area contributed by atoms with Gasteiger partial charge < -0.3 is 15.4 Å². The maximum atomic E-state index is 11.7. The summed E-state index contributed by atoms with van der Waals surface area (Å²) in [6.45, 7) is 11.2. The van der Waals surface area contributed by atoms with E-state index in [-0.39, 0.29) is 12.1 Å². The van der Waals surface area contributed by atoms with Crippen LogP contribution in [0.25, 0.3) is 0 Å². The summed E-state index contributed by atoms with van der Waals surface area (Å²) in [7, 11) is 0. The molecular weight excluding hydrogens is 264 g/mol. The lowest BCUT2D eigenvalue weighted by molar-refractivity contribution is 0.0522. The van der Waals surface area contributed by atoms with Crippen LogP contribution in [0, 0.1) is 11.8 Å². The Morgan fingerprint density at radius 3 is 2.67 bits per heavy atom. The van der Waals surface area contributed by atoms with Crippen molar-refractivity contribution in [3.63, 3.8) is 0 Å². The van der Waals surface area contributed by atoms with Crippen molar-refractivity contribution in [1.29, 1.82) is 0 Å². The highest BCUT2D eigenvalue weighted by Gasteiger charge is 2.39. The summed E-state index contributed by atoms with van der Waals surface area (Å²) >= 11 is 0. The van der Waals surface area contributed by atoms with E-state index in [1.165, 1.54) is 18.4 Å². The number of hydrogen-bond donors (Lipinski definition) is 2. The van der Waals surface area contributed by atoms with Gasteiger partial charge in [-0.3, -0.25) is 0 Å². The molecule has 4 unspecified atom stereocenters. The van der Waals surface area contributed by atoms with Gasteiger partial charge in [-0.1, -0.05) is 18.6 Å². The van der Waals surface area contributed by atoms with Crippen LogP contribution < -0.4 is 10.6 Å². The summed E-state index contributed by atoms with van der Waals surface area (Å²) in [5.74, 6) is 1.42. The van der Waals surface area contributed by atoms with Crippen molar-refractivity contribution in [3.05, 3.63) is 11.6 Å². The molecule has 1 saturated carbocycles. The number of hydrogen-bond acceptors (Lipinski definition) is 3. The molecule has 0 aliphatic heterocycles. The van der Waals surface area contributed by atoms with Crippen LogP contribution in [0.2, 0.25) is 0 Å². The Morgan fingerprint density at radius 1 is 1.33 bits per heavy atom. The molecule has 4 atom stereocenters. The lowest BCUT2D eigenvalue weighted by Crippen LogP contribution is -2.37. The minimum atomic E-state index is -0.427. The standard InChI is InChI=1S/C17H30N2O2/c1-11-6-12(2)8-13(7-11)10-18-14-9-15(14)19-16(20)21-17(3,4)5/h6,11,13-15,18H,7-10H2,1-5H3,(H,19,20). The SMILES string of the molecule is CC1=CC(C)CC(CNC2CC2NC(=O)OC(C)(C)C)C1. The Hall–Kier alpha value is -1.03. The first-order valence-corrected chi connectivity index (χ1v) is 8.13. The van der Waals surface area contributed by atoms with Gasteiger partial charge in [-0.25, -0.2) is 4.79 Å². The fraction of sp³-hybridized carbons (Fsp3) is 0.824. The van der Waals surface area contributed by atoms with Crippen LogP contribution in [0.4, 0.5) is 4.79 Å². The fourth-order valence-corrected chi connectivity index (χ4v) is 3.20. The van der Waals surface area contributed by atoms with Crippen molar-refractivity contribution in [2.24, 2.45) is 11.8 Å². The first-order valence-electron chi connectivity index (χ1n) is 8.13. The van der Waals surface area contributed by atoms with E-state index in [1.807, 2.05) is 20.8 Å². The summed E-state index contributed by atoms with van der Waals surface area (Å²) in [4.78, 5) is 11.7. The second-order valence-corrected chi connectivity index (χ2v) is 7.80. The number of allylic oxidation sites excluding steroid dienone is 2. The molecule has 0 heterocycles. The molecule has 0 aromatic carbocycles. The van der Waals surface area contributed by atoms with Crippen molar-refractivity contribution >= 4 is 6.09 Å². The molecule has 0 radical (unpaired) electrons. The third kappa shape index (κ3) is 5.70. The van der Waals surface area contributed by atoms with Gasteiger partial charge in [0.2, 0.25) is 0 Å². The van der Waals surface area contributed by atoms with Crippen LogP contribution in [0.5, 0.6) is 0 Å². The van der Waals surface area contributed by atoms with Gasteiger partial charge >= 0.3 is 6.09 Å². The lowest BCUT2D eigenvalue weighted by atomic mass is 9.84. The number of alkyl carbamates (subject to hydrolysis) is 1. The van der Waals surface area contributed by atoms with Gasteiger partial charge in [0.05, 0.1) is 0 Å². The van der Waals surface area contributed by atoms with Gasteiger partial charge in [-0.2, -0.15) is 0 Å². The molecule has 0 saturated heterocycles. The number of amides is 1. The zero-order chi connectivity index (χ0) is 15.6. The molecule has 21 heavy (non-hydrogen) atoms. The lowest BCUT2D eigenvalue weighted by Gasteiger charge is -2.25. The molecule has 0 aromatic heterocycles. The zero-order valence-electron chi connectivity index (χ0n) is 14.0. The Morgan fingerprint density at radius 2 is 2.05 bits per heavy atom. The van der Waals surface area contributed by atoms with Crippen LogP contribution in [0.15, 0.2) is 11.6 Å². The van der Waals surface area contributed by atoms with E-state index < -0.39 is 5.60 Å². The van der Waals surface area contributed by atoms with Crippen LogP contribution in [0.3, 0.4) is 0 Å². The van der Waals surface area contributed by atoms with Crippen LogP contribution in [-0.4, -0.2) is 30.3 Å². The van der Waals surface area contributed by atoms with E-state index in [9.17, 15) is 4.79 Å². The molecule has 2 rings (SSSR count). The third-order valence-corrected chi connectivity index (χ3v) is 4.05. The Labute approximate surface area is 128 Å². The summed E-state index contributed by atoms with van der Waals surface area (Å²) in [6.07, 6.45) is 5.56. The van der Waals surface area contributed by atoms with E-state index in [0.29, 0.717) is 12.0 Å². The predicted octanol–water partition coefficient (Wildman–Crippen LogP) is 3.23. The highest BCUT2D eigenvalue weighted by molar-refractivity contribution is 5.68. The van der Waals surface area contributed by atoms with Gasteiger partial charge in [0, 0.05) is 12.1 Å².